The molecule has 0 aromatic rings. The van der Waals surface area contributed by atoms with Crippen molar-refractivity contribution in [2.24, 2.45) is 4.99 Å². The molecule has 3 rings (SSSR count). The Morgan fingerprint density at radius 3 is 3.25 bits per heavy atom. The normalized spacial score (nSPS) is 28.7. The maximum Gasteiger partial charge on any atom is 0.132 e. The predicted octanol–water partition coefficient (Wildman–Crippen LogP) is 1.61. The van der Waals surface area contributed by atoms with Crippen LogP contribution < -0.4 is 0 Å². The minimum atomic E-state index is 0.271. The Balaban J connectivity index is 2.11. The second-order valence-corrected chi connectivity index (χ2v) is 2.98. The molecule has 0 saturated carbocycles. The van der Waals surface area contributed by atoms with E-state index in [1.807, 2.05) is 18.2 Å². The SMILES string of the molecule is C1=CC2=NC3C=CC=C3N2C=C1. The highest BCUT2D eigenvalue weighted by Gasteiger charge is 2.28. The lowest BCUT2D eigenvalue weighted by molar-refractivity contribution is 0.695. The van der Waals surface area contributed by atoms with Crippen molar-refractivity contribution < 1.29 is 0 Å². The number of hydrogen-bond donors (Lipinski definition) is 0. The molecule has 0 spiro atoms. The van der Waals surface area contributed by atoms with Crippen molar-refractivity contribution in [2.45, 2.75) is 6.04 Å². The van der Waals surface area contributed by atoms with Gasteiger partial charge in [-0.05, 0) is 18.2 Å². The van der Waals surface area contributed by atoms with Crippen molar-refractivity contribution >= 4 is 5.84 Å². The summed E-state index contributed by atoms with van der Waals surface area (Å²) in [6.45, 7) is 0. The van der Waals surface area contributed by atoms with Crippen LogP contribution in [-0.4, -0.2) is 16.8 Å². The molecule has 1 unspecified atom stereocenters. The molecule has 0 fully saturated rings. The van der Waals surface area contributed by atoms with Gasteiger partial charge in [0.1, 0.15) is 11.9 Å². The molecule has 2 aliphatic heterocycles. The first kappa shape index (κ1) is 6.00. The fourth-order valence-corrected chi connectivity index (χ4v) is 1.69. The van der Waals surface area contributed by atoms with Crippen LogP contribution in [0.4, 0.5) is 0 Å². The maximum absolute atomic E-state index is 4.52. The van der Waals surface area contributed by atoms with Crippen LogP contribution in [0.3, 0.4) is 0 Å². The lowest BCUT2D eigenvalue weighted by atomic mass is 10.2. The standard InChI is InChI=1S/C10H8N2/c1-2-7-12-9-5-3-4-8(9)11-10(12)6-1/h1-8H. The van der Waals surface area contributed by atoms with Crippen molar-refractivity contribution in [3.8, 4) is 0 Å². The molecule has 3 aliphatic rings. The van der Waals surface area contributed by atoms with Gasteiger partial charge in [0, 0.05) is 6.20 Å². The van der Waals surface area contributed by atoms with E-state index in [0.717, 1.165) is 5.84 Å². The summed E-state index contributed by atoms with van der Waals surface area (Å²) in [6, 6.07) is 0.271. The average Bonchev–Trinajstić information content (AvgIpc) is 2.62. The van der Waals surface area contributed by atoms with Gasteiger partial charge in [0.25, 0.3) is 0 Å². The highest BCUT2D eigenvalue weighted by Crippen LogP contribution is 2.28. The molecular formula is C10H8N2. The Bertz CT molecular complexity index is 369. The molecule has 2 nitrogen and oxygen atoms in total. The summed E-state index contributed by atoms with van der Waals surface area (Å²) in [4.78, 5) is 6.65. The summed E-state index contributed by atoms with van der Waals surface area (Å²) in [6.07, 6.45) is 14.4. The van der Waals surface area contributed by atoms with Crippen molar-refractivity contribution in [1.29, 1.82) is 0 Å². The van der Waals surface area contributed by atoms with E-state index < -0.39 is 0 Å². The number of hydrogen-bond acceptors (Lipinski definition) is 2. The molecule has 58 valence electrons. The number of amidine groups is 1. The van der Waals surface area contributed by atoms with Crippen molar-refractivity contribution in [3.63, 3.8) is 0 Å². The number of rotatable bonds is 0. The molecule has 0 N–H and O–H groups in total. The molecule has 2 heterocycles. The molecular weight excluding hydrogens is 148 g/mol. The van der Waals surface area contributed by atoms with E-state index in [1.54, 1.807) is 0 Å². The molecule has 0 amide bonds. The van der Waals surface area contributed by atoms with Gasteiger partial charge >= 0.3 is 0 Å². The third kappa shape index (κ3) is 0.619. The van der Waals surface area contributed by atoms with E-state index >= 15 is 0 Å². The highest BCUT2D eigenvalue weighted by molar-refractivity contribution is 5.98. The van der Waals surface area contributed by atoms with Gasteiger partial charge in [-0.1, -0.05) is 18.2 Å². The Labute approximate surface area is 70.9 Å². The summed E-state index contributed by atoms with van der Waals surface area (Å²) >= 11 is 0. The number of allylic oxidation sites excluding steroid dienone is 4. The minimum Gasteiger partial charge on any atom is -0.303 e. The topological polar surface area (TPSA) is 15.6 Å². The molecule has 1 atom stereocenters. The zero-order valence-electron chi connectivity index (χ0n) is 6.51. The summed E-state index contributed by atoms with van der Waals surface area (Å²) in [7, 11) is 0. The van der Waals surface area contributed by atoms with Gasteiger partial charge in [0.2, 0.25) is 0 Å². The zero-order chi connectivity index (χ0) is 7.97. The molecule has 0 aromatic carbocycles. The molecule has 12 heavy (non-hydrogen) atoms. The largest absolute Gasteiger partial charge is 0.303 e. The van der Waals surface area contributed by atoms with Gasteiger partial charge in [-0.15, -0.1) is 0 Å². The third-order valence-electron chi connectivity index (χ3n) is 2.25. The first-order valence-corrected chi connectivity index (χ1v) is 4.05. The van der Waals surface area contributed by atoms with Crippen LogP contribution in [0.25, 0.3) is 0 Å². The Morgan fingerprint density at radius 2 is 2.25 bits per heavy atom. The quantitative estimate of drug-likeness (QED) is 0.520. The molecule has 0 saturated heterocycles. The summed E-state index contributed by atoms with van der Waals surface area (Å²) in [5, 5.41) is 0. The van der Waals surface area contributed by atoms with Crippen molar-refractivity contribution in [1.82, 2.24) is 4.90 Å². The first-order chi connectivity index (χ1) is 5.95. The summed E-state index contributed by atoms with van der Waals surface area (Å²) in [5.41, 5.74) is 1.27. The fraction of sp³-hybridized carbons (Fsp3) is 0.100. The van der Waals surface area contributed by atoms with Crippen LogP contribution in [0.1, 0.15) is 0 Å². The number of aliphatic imine (C=N–C) groups is 1. The fourth-order valence-electron chi connectivity index (χ4n) is 1.69. The van der Waals surface area contributed by atoms with E-state index in [2.05, 4.69) is 34.3 Å². The summed E-state index contributed by atoms with van der Waals surface area (Å²) < 4.78 is 0. The average molecular weight is 156 g/mol. The van der Waals surface area contributed by atoms with E-state index in [9.17, 15) is 0 Å². The van der Waals surface area contributed by atoms with Crippen LogP contribution in [0.5, 0.6) is 0 Å². The van der Waals surface area contributed by atoms with Crippen LogP contribution in [0, 0.1) is 0 Å². The van der Waals surface area contributed by atoms with E-state index in [-0.39, 0.29) is 6.04 Å². The zero-order valence-corrected chi connectivity index (χ0v) is 6.51. The lowest BCUT2D eigenvalue weighted by Crippen LogP contribution is -2.20. The molecule has 0 bridgehead atoms. The van der Waals surface area contributed by atoms with Crippen LogP contribution in [0.2, 0.25) is 0 Å². The van der Waals surface area contributed by atoms with Gasteiger partial charge in [-0.2, -0.15) is 0 Å². The van der Waals surface area contributed by atoms with E-state index in [1.165, 1.54) is 5.70 Å². The van der Waals surface area contributed by atoms with Gasteiger partial charge < -0.3 is 4.90 Å². The van der Waals surface area contributed by atoms with Crippen molar-refractivity contribution in [2.75, 3.05) is 0 Å². The minimum absolute atomic E-state index is 0.271. The van der Waals surface area contributed by atoms with Gasteiger partial charge in [0.15, 0.2) is 0 Å². The van der Waals surface area contributed by atoms with Gasteiger partial charge in [-0.3, -0.25) is 4.99 Å². The van der Waals surface area contributed by atoms with Crippen LogP contribution in [-0.2, 0) is 0 Å². The Kier molecular flexibility index (Phi) is 0.987. The second-order valence-electron chi connectivity index (χ2n) is 2.98. The van der Waals surface area contributed by atoms with Crippen LogP contribution >= 0.6 is 0 Å². The highest BCUT2D eigenvalue weighted by atomic mass is 15.3. The molecule has 1 aliphatic carbocycles. The smallest absolute Gasteiger partial charge is 0.132 e. The molecule has 0 aromatic heterocycles. The van der Waals surface area contributed by atoms with E-state index in [0.29, 0.717) is 0 Å². The van der Waals surface area contributed by atoms with Gasteiger partial charge in [-0.25, -0.2) is 0 Å². The number of nitrogens with zero attached hydrogens (tertiary/aromatic N) is 2. The van der Waals surface area contributed by atoms with E-state index in [4.69, 9.17) is 0 Å². The Hall–Kier alpha value is -1.57. The third-order valence-corrected chi connectivity index (χ3v) is 2.25. The predicted molar refractivity (Wildman–Crippen MR) is 48.6 cm³/mol. The monoisotopic (exact) mass is 156 g/mol. The Morgan fingerprint density at radius 1 is 1.25 bits per heavy atom. The molecule has 2 heteroatoms. The second kappa shape index (κ2) is 1.97. The van der Waals surface area contributed by atoms with Crippen LogP contribution in [0.15, 0.2) is 53.3 Å². The first-order valence-electron chi connectivity index (χ1n) is 4.05. The number of fused-ring (bicyclic) bond motifs is 3. The molecule has 0 radical (unpaired) electrons. The van der Waals surface area contributed by atoms with Gasteiger partial charge in [0.05, 0.1) is 5.70 Å². The maximum atomic E-state index is 4.52. The lowest BCUT2D eigenvalue weighted by Gasteiger charge is -2.17. The summed E-state index contributed by atoms with van der Waals surface area (Å²) in [5.74, 6) is 1.05. The van der Waals surface area contributed by atoms with Crippen molar-refractivity contribution in [3.05, 3.63) is 48.4 Å².